The van der Waals surface area contributed by atoms with E-state index in [2.05, 4.69) is 26.9 Å². The number of aryl methyl sites for hydroxylation is 3. The number of carbonyl (C=O) groups is 6. The summed E-state index contributed by atoms with van der Waals surface area (Å²) in [6.07, 6.45) is 7.35. The van der Waals surface area contributed by atoms with Crippen molar-refractivity contribution in [2.75, 3.05) is 92.5 Å². The van der Waals surface area contributed by atoms with Crippen molar-refractivity contribution in [1.29, 1.82) is 0 Å². The lowest BCUT2D eigenvalue weighted by atomic mass is 10.1. The van der Waals surface area contributed by atoms with Gasteiger partial charge < -0.3 is 53.0 Å². The molecule has 0 bridgehead atoms. The number of carbonyl (C=O) groups excluding carboxylic acids is 6. The van der Waals surface area contributed by atoms with Gasteiger partial charge in [-0.25, -0.2) is 23.9 Å². The zero-order valence-electron chi connectivity index (χ0n) is 50.1. The van der Waals surface area contributed by atoms with Crippen LogP contribution in [-0.4, -0.2) is 175 Å². The first-order valence-corrected chi connectivity index (χ1v) is 29.3. The molecule has 24 nitrogen and oxygen atoms in total. The lowest BCUT2D eigenvalue weighted by molar-refractivity contribution is -0.134. The third-order valence-corrected chi connectivity index (χ3v) is 14.8. The molecule has 468 valence electrons. The predicted molar refractivity (Wildman–Crippen MR) is 327 cm³/mol. The number of benzene rings is 4. The monoisotopic (exact) mass is 1220 g/mol. The van der Waals surface area contributed by atoms with E-state index in [0.717, 1.165) is 33.0 Å². The maximum absolute atomic E-state index is 13.5. The predicted octanol–water partition coefficient (Wildman–Crippen LogP) is 5.26. The Bertz CT molecular complexity index is 3720. The maximum atomic E-state index is 13.5. The van der Waals surface area contributed by atoms with Gasteiger partial charge in [-0.15, -0.1) is 17.4 Å². The first kappa shape index (κ1) is 65.3. The zero-order chi connectivity index (χ0) is 63.1. The van der Waals surface area contributed by atoms with Gasteiger partial charge >= 0.3 is 23.4 Å². The van der Waals surface area contributed by atoms with Gasteiger partial charge in [0.15, 0.2) is 0 Å². The number of aromatic nitrogens is 3. The fourth-order valence-corrected chi connectivity index (χ4v) is 10.1. The molecule has 2 aliphatic heterocycles. The first-order chi connectivity index (χ1) is 43.1. The van der Waals surface area contributed by atoms with Crippen LogP contribution in [0.3, 0.4) is 0 Å². The highest BCUT2D eigenvalue weighted by molar-refractivity contribution is 5.85. The largest absolute Gasteiger partial charge is 0.423 e. The summed E-state index contributed by atoms with van der Waals surface area (Å²) in [6.45, 7) is 8.28. The van der Waals surface area contributed by atoms with Gasteiger partial charge in [0.1, 0.15) is 22.7 Å². The van der Waals surface area contributed by atoms with E-state index in [0.29, 0.717) is 75.8 Å². The van der Waals surface area contributed by atoms with Crippen LogP contribution in [-0.2, 0) is 59.2 Å². The lowest BCUT2D eigenvalue weighted by Gasteiger charge is -2.40. The average Bonchev–Trinajstić information content (AvgIpc) is 3.60. The summed E-state index contributed by atoms with van der Waals surface area (Å²) in [6, 6.07) is 30.1. The van der Waals surface area contributed by atoms with Crippen LogP contribution in [0.2, 0.25) is 0 Å². The van der Waals surface area contributed by atoms with Crippen molar-refractivity contribution >= 4 is 57.8 Å². The molecule has 2 N–H and O–H groups in total. The molecular formula is C65H73N9O15. The van der Waals surface area contributed by atoms with Gasteiger partial charge in [0.2, 0.25) is 23.6 Å². The van der Waals surface area contributed by atoms with Crippen LogP contribution in [0.4, 0.5) is 9.59 Å². The average molecular weight is 1220 g/mol. The topological polar surface area (TPSA) is 277 Å². The van der Waals surface area contributed by atoms with Gasteiger partial charge in [0, 0.05) is 126 Å². The number of hydrogen-bond acceptors (Lipinski definition) is 17. The lowest BCUT2D eigenvalue weighted by Crippen LogP contribution is -2.60. The molecule has 2 fully saturated rings. The minimum atomic E-state index is -0.641. The van der Waals surface area contributed by atoms with Crippen LogP contribution >= 0.6 is 0 Å². The van der Waals surface area contributed by atoms with Gasteiger partial charge in [-0.3, -0.25) is 29.0 Å². The minimum Gasteiger partial charge on any atom is -0.423 e. The Hall–Kier alpha value is -9.70. The summed E-state index contributed by atoms with van der Waals surface area (Å²) in [7, 11) is 1.62. The smallest absolute Gasteiger partial charge is 0.415 e. The number of terminal acetylenes is 1. The molecule has 0 aliphatic carbocycles. The molecule has 89 heavy (non-hydrogen) atoms. The Morgan fingerprint density at radius 2 is 1.10 bits per heavy atom. The Morgan fingerprint density at radius 1 is 0.618 bits per heavy atom. The van der Waals surface area contributed by atoms with E-state index in [-0.39, 0.29) is 107 Å². The second-order valence-electron chi connectivity index (χ2n) is 21.3. The highest BCUT2D eigenvalue weighted by Gasteiger charge is 2.36. The SMILES string of the molecule is C#CCCC(=O)N1CCN(C(=O)Oc2ccc3c(C)cc(=O)oc3c2)C(CNC(=O)Cc2ccccc2)C1.COCCOCCOCCn1cc(CCC(=O)N2CCN(C(=O)Oc3ccc4c(C)cc(=O)oc4c3)C(CNC(=O)Cc3ccccc3)C2)nn1. The fraction of sp³-hybridized carbons (Fsp3) is 0.385. The molecular weight excluding hydrogens is 1150 g/mol. The number of rotatable bonds is 24. The molecule has 24 heteroatoms. The Kier molecular flexibility index (Phi) is 24.1. The van der Waals surface area contributed by atoms with Crippen molar-refractivity contribution in [3.8, 4) is 23.8 Å². The summed E-state index contributed by atoms with van der Waals surface area (Å²) in [5, 5.41) is 15.6. The second kappa shape index (κ2) is 32.9. The minimum absolute atomic E-state index is 0.100. The van der Waals surface area contributed by atoms with Gasteiger partial charge in [-0.2, -0.15) is 0 Å². The quantitative estimate of drug-likeness (QED) is 0.0443. The number of fused-ring (bicyclic) bond motifs is 2. The number of methoxy groups -OCH3 is 1. The number of amides is 6. The number of nitrogens with zero attached hydrogens (tertiary/aromatic N) is 7. The Morgan fingerprint density at radius 3 is 1.60 bits per heavy atom. The van der Waals surface area contributed by atoms with Crippen LogP contribution in [0.25, 0.3) is 21.9 Å². The Balaban J connectivity index is 0.000000240. The van der Waals surface area contributed by atoms with Crippen molar-refractivity contribution in [3.05, 3.63) is 164 Å². The zero-order valence-corrected chi connectivity index (χ0v) is 50.1. The maximum Gasteiger partial charge on any atom is 0.415 e. The highest BCUT2D eigenvalue weighted by Crippen LogP contribution is 2.26. The third-order valence-electron chi connectivity index (χ3n) is 14.8. The van der Waals surface area contributed by atoms with Gasteiger partial charge in [-0.1, -0.05) is 65.9 Å². The van der Waals surface area contributed by atoms with Crippen molar-refractivity contribution < 1.29 is 61.3 Å². The molecule has 0 spiro atoms. The van der Waals surface area contributed by atoms with E-state index in [4.69, 9.17) is 38.9 Å². The molecule has 7 aromatic rings. The highest BCUT2D eigenvalue weighted by atomic mass is 16.6. The molecule has 2 aliphatic rings. The molecule has 0 radical (unpaired) electrons. The molecule has 2 unspecified atom stereocenters. The summed E-state index contributed by atoms with van der Waals surface area (Å²) in [4.78, 5) is 108. The summed E-state index contributed by atoms with van der Waals surface area (Å²) >= 11 is 0. The van der Waals surface area contributed by atoms with Crippen molar-refractivity contribution in [2.24, 2.45) is 0 Å². The van der Waals surface area contributed by atoms with E-state index in [1.807, 2.05) is 60.7 Å². The Labute approximate surface area is 513 Å². The van der Waals surface area contributed by atoms with E-state index >= 15 is 0 Å². The normalized spacial score (nSPS) is 14.8. The summed E-state index contributed by atoms with van der Waals surface area (Å²) in [5.74, 6) is 2.29. The summed E-state index contributed by atoms with van der Waals surface area (Å²) < 4.78 is 39.4. The van der Waals surface area contributed by atoms with E-state index < -0.39 is 35.5 Å². The molecule has 0 saturated carbocycles. The standard InChI is InChI=1S/C36H44N6O9.C29H29N3O6/c1-26-20-35(45)51-32-22-30(9-10-31(26)32)50-36(46)42-13-12-40(25-29(42)23-37-33(43)21-27-6-4-3-5-7-27)34(44)11-8-28-24-41(39-38-28)14-15-48-18-19-49-17-16-47-2;1-3-4-10-27(34)31-13-14-32(22(19-31)18-30-26(33)16-21-8-6-5-7-9-21)29(36)37-23-11-12-24-20(2)15-28(35)38-25(24)17-23/h3-7,9-10,20,22,24,29H,8,11-19,21,23,25H2,1-2H3,(H,37,43);1,5-9,11-12,15,17,22H,4,10,13-14,16,18-19H2,2H3,(H,30,33). The van der Waals surface area contributed by atoms with Gasteiger partial charge in [0.25, 0.3) is 0 Å². The van der Waals surface area contributed by atoms with E-state index in [1.165, 1.54) is 34.1 Å². The van der Waals surface area contributed by atoms with Crippen LogP contribution in [0.15, 0.2) is 134 Å². The van der Waals surface area contributed by atoms with E-state index in [9.17, 15) is 38.4 Å². The molecule has 9 rings (SSSR count). The molecule has 2 saturated heterocycles. The van der Waals surface area contributed by atoms with Crippen LogP contribution in [0.1, 0.15) is 47.2 Å². The first-order valence-electron chi connectivity index (χ1n) is 29.3. The van der Waals surface area contributed by atoms with Crippen LogP contribution < -0.4 is 31.4 Å². The number of piperazine rings is 2. The molecule has 5 heterocycles. The van der Waals surface area contributed by atoms with Crippen molar-refractivity contribution in [1.82, 2.24) is 45.2 Å². The van der Waals surface area contributed by atoms with Gasteiger partial charge in [0.05, 0.1) is 70.2 Å². The molecule has 3 aromatic heterocycles. The number of nitrogens with one attached hydrogen (secondary N) is 2. The number of hydrogen-bond donors (Lipinski definition) is 2. The molecule has 2 atom stereocenters. The fourth-order valence-electron chi connectivity index (χ4n) is 10.1. The van der Waals surface area contributed by atoms with Crippen LogP contribution in [0.5, 0.6) is 11.5 Å². The number of ether oxygens (including phenoxy) is 5. The second-order valence-corrected chi connectivity index (χ2v) is 21.3. The summed E-state index contributed by atoms with van der Waals surface area (Å²) in [5.41, 5.74) is 3.54. The van der Waals surface area contributed by atoms with E-state index in [1.54, 1.807) is 65.9 Å². The van der Waals surface area contributed by atoms with Crippen LogP contribution in [0, 0.1) is 26.2 Å². The molecule has 4 aromatic carbocycles. The van der Waals surface area contributed by atoms with Crippen molar-refractivity contribution in [3.63, 3.8) is 0 Å². The third kappa shape index (κ3) is 19.7. The van der Waals surface area contributed by atoms with Crippen molar-refractivity contribution in [2.45, 2.75) is 71.0 Å². The van der Waals surface area contributed by atoms with Gasteiger partial charge in [-0.05, 0) is 60.4 Å². The molecule has 6 amide bonds.